The fourth-order valence-electron chi connectivity index (χ4n) is 3.42. The van der Waals surface area contributed by atoms with Crippen molar-refractivity contribution in [1.82, 2.24) is 4.90 Å². The van der Waals surface area contributed by atoms with Gasteiger partial charge in [0.05, 0.1) is 45.0 Å². The summed E-state index contributed by atoms with van der Waals surface area (Å²) in [6.07, 6.45) is 3.05. The lowest BCUT2D eigenvalue weighted by molar-refractivity contribution is -0.114. The topological polar surface area (TPSA) is 140 Å². The number of hydrogen-bond acceptors (Lipinski definition) is 10. The van der Waals surface area contributed by atoms with Gasteiger partial charge < -0.3 is 18.9 Å². The molecule has 2 aromatic carbocycles. The first kappa shape index (κ1) is 26.2. The highest BCUT2D eigenvalue weighted by atomic mass is 32.2. The van der Waals surface area contributed by atoms with E-state index in [1.54, 1.807) is 31.4 Å². The lowest BCUT2D eigenvalue weighted by Crippen LogP contribution is -2.45. The van der Waals surface area contributed by atoms with Gasteiger partial charge in [-0.15, -0.1) is 0 Å². The first-order valence-electron chi connectivity index (χ1n) is 11.0. The van der Waals surface area contributed by atoms with Gasteiger partial charge in [0, 0.05) is 18.7 Å². The molecule has 0 aromatic heterocycles. The third-order valence-electron chi connectivity index (χ3n) is 5.18. The Balaban J connectivity index is 1.42. The van der Waals surface area contributed by atoms with Crippen molar-refractivity contribution in [2.75, 3.05) is 33.7 Å². The molecule has 0 aliphatic carbocycles. The fourth-order valence-corrected chi connectivity index (χ4v) is 5.26. The van der Waals surface area contributed by atoms with Crippen molar-refractivity contribution in [3.63, 3.8) is 0 Å². The molecule has 1 amide bonds. The lowest BCUT2D eigenvalue weighted by atomic mass is 10.1. The molecule has 0 fully saturated rings. The van der Waals surface area contributed by atoms with Gasteiger partial charge in [-0.05, 0) is 35.9 Å². The molecule has 2 heterocycles. The van der Waals surface area contributed by atoms with E-state index in [9.17, 15) is 13.2 Å². The number of benzene rings is 2. The van der Waals surface area contributed by atoms with Crippen molar-refractivity contribution in [3.8, 4) is 23.0 Å². The van der Waals surface area contributed by atoms with Crippen LogP contribution < -0.4 is 18.9 Å². The van der Waals surface area contributed by atoms with E-state index in [-0.39, 0.29) is 21.7 Å². The molecule has 0 bridgehead atoms. The predicted octanol–water partition coefficient (Wildman–Crippen LogP) is 3.17. The van der Waals surface area contributed by atoms with E-state index in [0.717, 1.165) is 23.1 Å². The third kappa shape index (κ3) is 5.94. The summed E-state index contributed by atoms with van der Waals surface area (Å²) in [7, 11) is -0.636. The summed E-state index contributed by atoms with van der Waals surface area (Å²) in [6.45, 7) is 0.821. The molecule has 11 nitrogen and oxygen atoms in total. The third-order valence-corrected chi connectivity index (χ3v) is 6.93. The fraction of sp³-hybridized carbons (Fsp3) is 0.250. The van der Waals surface area contributed by atoms with Crippen molar-refractivity contribution < 1.29 is 32.2 Å². The molecule has 0 saturated heterocycles. The number of carbonyl (C=O) groups is 1. The Bertz CT molecular complexity index is 1430. The van der Waals surface area contributed by atoms with E-state index < -0.39 is 15.7 Å². The summed E-state index contributed by atoms with van der Waals surface area (Å²) < 4.78 is 50.1. The molecular formula is C24H24N4O7S2. The molecule has 0 atom stereocenters. The minimum Gasteiger partial charge on any atom is -0.497 e. The number of carbonyl (C=O) groups excluding carboxylic acids is 1. The van der Waals surface area contributed by atoms with Gasteiger partial charge in [-0.3, -0.25) is 10.2 Å². The number of hydrogen-bond donors (Lipinski definition) is 1. The Kier molecular flexibility index (Phi) is 7.83. The van der Waals surface area contributed by atoms with E-state index in [4.69, 9.17) is 24.4 Å². The zero-order chi connectivity index (χ0) is 26.6. The summed E-state index contributed by atoms with van der Waals surface area (Å²) in [5.41, 5.74) is 0.468. The van der Waals surface area contributed by atoms with E-state index in [1.807, 2.05) is 18.2 Å². The lowest BCUT2D eigenvalue weighted by Gasteiger charge is -2.23. The van der Waals surface area contributed by atoms with Crippen LogP contribution in [0.4, 0.5) is 0 Å². The van der Waals surface area contributed by atoms with Crippen LogP contribution in [-0.4, -0.2) is 69.1 Å². The molecule has 0 saturated carbocycles. The highest BCUT2D eigenvalue weighted by Gasteiger charge is 2.41. The molecule has 1 N–H and O–H groups in total. The molecule has 0 spiro atoms. The number of rotatable bonds is 9. The van der Waals surface area contributed by atoms with Crippen LogP contribution in [0.15, 0.2) is 57.4 Å². The maximum Gasteiger partial charge on any atom is 0.283 e. The number of amidine groups is 3. The molecule has 0 radical (unpaired) electrons. The number of nitrogens with zero attached hydrogens (tertiary/aromatic N) is 3. The van der Waals surface area contributed by atoms with Gasteiger partial charge in [-0.2, -0.15) is 9.39 Å². The molecule has 2 aromatic rings. The number of methoxy groups -OCH3 is 2. The van der Waals surface area contributed by atoms with E-state index in [2.05, 4.69) is 9.39 Å². The Morgan fingerprint density at radius 1 is 1.03 bits per heavy atom. The second-order valence-electron chi connectivity index (χ2n) is 7.82. The molecule has 4 rings (SSSR count). The minimum atomic E-state index is -3.72. The molecule has 13 heteroatoms. The molecule has 2 aliphatic rings. The first-order chi connectivity index (χ1) is 17.7. The monoisotopic (exact) mass is 544 g/mol. The van der Waals surface area contributed by atoms with Crippen LogP contribution in [0.3, 0.4) is 0 Å². The second kappa shape index (κ2) is 11.0. The van der Waals surface area contributed by atoms with Gasteiger partial charge in [-0.25, -0.2) is 13.3 Å². The molecule has 37 heavy (non-hydrogen) atoms. The Hall–Kier alpha value is -3.84. The SMILES string of the molecule is COc1cccc(OCCCOc2ccc(/C=C3/C(=N)N4C(=NC3=O)SN=C4S(C)(=O)=O)cc2OC)c1. The van der Waals surface area contributed by atoms with Crippen LogP contribution in [0.1, 0.15) is 12.0 Å². The van der Waals surface area contributed by atoms with Crippen LogP contribution in [0, 0.1) is 5.41 Å². The van der Waals surface area contributed by atoms with Crippen LogP contribution in [-0.2, 0) is 14.6 Å². The number of nitrogens with one attached hydrogen (secondary N) is 1. The smallest absolute Gasteiger partial charge is 0.283 e. The summed E-state index contributed by atoms with van der Waals surface area (Å²) in [5, 5.41) is 8.14. The Morgan fingerprint density at radius 2 is 1.78 bits per heavy atom. The van der Waals surface area contributed by atoms with Crippen molar-refractivity contribution >= 4 is 49.9 Å². The second-order valence-corrected chi connectivity index (χ2v) is 10.5. The summed E-state index contributed by atoms with van der Waals surface area (Å²) >= 11 is 0.741. The average Bonchev–Trinajstić information content (AvgIpc) is 3.31. The standard InChI is InChI=1S/C24H24N4O7S2/c1-32-16-6-4-7-17(14-16)34-10-5-11-35-19-9-8-15(13-20(19)33-2)12-18-21(25)28-23(26-22(18)29)36-27-24(28)37(3,30)31/h4,6-9,12-14,25H,5,10-11H2,1-3H3/b18-12-,25-21?. The maximum atomic E-state index is 12.6. The highest BCUT2D eigenvalue weighted by Crippen LogP contribution is 2.32. The van der Waals surface area contributed by atoms with Crippen LogP contribution in [0.5, 0.6) is 23.0 Å². The van der Waals surface area contributed by atoms with Gasteiger partial charge in [0.15, 0.2) is 11.5 Å². The summed E-state index contributed by atoms with van der Waals surface area (Å²) in [6, 6.07) is 12.4. The van der Waals surface area contributed by atoms with Gasteiger partial charge in [0.25, 0.3) is 5.91 Å². The quantitative estimate of drug-likeness (QED) is 0.286. The molecular weight excluding hydrogens is 520 g/mol. The number of fused-ring (bicyclic) bond motifs is 1. The molecule has 0 unspecified atom stereocenters. The van der Waals surface area contributed by atoms with Crippen LogP contribution in [0.25, 0.3) is 6.08 Å². The summed E-state index contributed by atoms with van der Waals surface area (Å²) in [4.78, 5) is 17.5. The van der Waals surface area contributed by atoms with Crippen LogP contribution >= 0.6 is 11.9 Å². The van der Waals surface area contributed by atoms with E-state index >= 15 is 0 Å². The Labute approximate surface area is 218 Å². The Morgan fingerprint density at radius 3 is 2.51 bits per heavy atom. The van der Waals surface area contributed by atoms with E-state index in [0.29, 0.717) is 48.2 Å². The number of amides is 1. The average molecular weight is 545 g/mol. The van der Waals surface area contributed by atoms with Gasteiger partial charge >= 0.3 is 0 Å². The van der Waals surface area contributed by atoms with Crippen molar-refractivity contribution in [3.05, 3.63) is 53.6 Å². The van der Waals surface area contributed by atoms with Gasteiger partial charge in [0.1, 0.15) is 17.3 Å². The summed E-state index contributed by atoms with van der Waals surface area (Å²) in [5.74, 6) is 1.37. The van der Waals surface area contributed by atoms with E-state index in [1.165, 1.54) is 13.2 Å². The zero-order valence-corrected chi connectivity index (χ0v) is 21.9. The minimum absolute atomic E-state index is 0.0317. The normalized spacial score (nSPS) is 16.3. The molecule has 2 aliphatic heterocycles. The van der Waals surface area contributed by atoms with Crippen LogP contribution in [0.2, 0.25) is 0 Å². The molecule has 194 valence electrons. The van der Waals surface area contributed by atoms with Crippen molar-refractivity contribution in [1.29, 1.82) is 5.41 Å². The van der Waals surface area contributed by atoms with Gasteiger partial charge in [0.2, 0.25) is 20.2 Å². The number of sulfone groups is 1. The van der Waals surface area contributed by atoms with Gasteiger partial charge in [-0.1, -0.05) is 12.1 Å². The maximum absolute atomic E-state index is 12.6. The number of ether oxygens (including phenoxy) is 4. The zero-order valence-electron chi connectivity index (χ0n) is 20.3. The first-order valence-corrected chi connectivity index (χ1v) is 13.6. The highest BCUT2D eigenvalue weighted by molar-refractivity contribution is 8.16. The predicted molar refractivity (Wildman–Crippen MR) is 141 cm³/mol. The van der Waals surface area contributed by atoms with Crippen molar-refractivity contribution in [2.24, 2.45) is 9.39 Å². The largest absolute Gasteiger partial charge is 0.497 e. The number of aliphatic imine (C=N–C) groups is 1. The van der Waals surface area contributed by atoms with Crippen molar-refractivity contribution in [2.45, 2.75) is 6.42 Å².